The number of nitrogens with zero attached hydrogens (tertiary/aromatic N) is 3. The summed E-state index contributed by atoms with van der Waals surface area (Å²) in [5.74, 6) is -2.13. The molecule has 31 heavy (non-hydrogen) atoms. The van der Waals surface area contributed by atoms with Gasteiger partial charge in [0.2, 0.25) is 0 Å². The highest BCUT2D eigenvalue weighted by Crippen LogP contribution is 2.25. The molecule has 2 aromatic carbocycles. The zero-order valence-electron chi connectivity index (χ0n) is 15.7. The van der Waals surface area contributed by atoms with Crippen LogP contribution in [0.15, 0.2) is 72.6 Å². The summed E-state index contributed by atoms with van der Waals surface area (Å²) in [6.45, 7) is 0. The monoisotopic (exact) mass is 436 g/mol. The minimum Gasteiger partial charge on any atom is -0.323 e. The van der Waals surface area contributed by atoms with Crippen LogP contribution < -0.4 is 10.2 Å². The number of thiocarbonyl (C=S) groups is 1. The normalized spacial score (nSPS) is 15.3. The average Bonchev–Trinajstić information content (AvgIpc) is 3.21. The third-order valence-electron chi connectivity index (χ3n) is 4.56. The second kappa shape index (κ2) is 7.92. The first-order valence-corrected chi connectivity index (χ1v) is 9.35. The summed E-state index contributed by atoms with van der Waals surface area (Å²) in [6, 6.07) is 13.2. The van der Waals surface area contributed by atoms with Crippen LogP contribution in [0.4, 0.5) is 15.8 Å². The molecule has 1 aliphatic heterocycles. The van der Waals surface area contributed by atoms with Crippen molar-refractivity contribution in [2.45, 2.75) is 0 Å². The Kier molecular flexibility index (Phi) is 5.14. The van der Waals surface area contributed by atoms with Gasteiger partial charge in [0.15, 0.2) is 5.11 Å². The number of nitrogens with one attached hydrogen (secondary N) is 1. The van der Waals surface area contributed by atoms with Gasteiger partial charge in [-0.15, -0.1) is 0 Å². The van der Waals surface area contributed by atoms with Crippen LogP contribution in [-0.2, 0) is 9.59 Å². The first-order chi connectivity index (χ1) is 14.8. The Hall–Kier alpha value is -4.18. The number of non-ortho nitro benzene ring substituents is 1. The number of hydrogen-bond donors (Lipinski definition) is 1. The molecule has 2 heterocycles. The SMILES string of the molecule is O=C1NC(=S)N(c2ccccc2F)C(=O)/C1=C\c1ccn(-c2cccc([N+](=O)[O-])c2)c1. The first kappa shape index (κ1) is 20.1. The third-order valence-corrected chi connectivity index (χ3v) is 4.85. The quantitative estimate of drug-likeness (QED) is 0.222. The van der Waals surface area contributed by atoms with E-state index in [0.29, 0.717) is 11.3 Å². The summed E-state index contributed by atoms with van der Waals surface area (Å²) in [5, 5.41) is 13.2. The Labute approximate surface area is 180 Å². The van der Waals surface area contributed by atoms with Gasteiger partial charge >= 0.3 is 0 Å². The highest BCUT2D eigenvalue weighted by atomic mass is 32.1. The minimum atomic E-state index is -0.762. The molecule has 4 rings (SSSR count). The van der Waals surface area contributed by atoms with E-state index in [0.717, 1.165) is 4.90 Å². The van der Waals surface area contributed by atoms with Crippen molar-refractivity contribution in [2.24, 2.45) is 0 Å². The molecule has 154 valence electrons. The molecule has 0 atom stereocenters. The van der Waals surface area contributed by atoms with E-state index in [9.17, 15) is 24.1 Å². The fraction of sp³-hybridized carbons (Fsp3) is 0. The van der Waals surface area contributed by atoms with E-state index in [2.05, 4.69) is 5.32 Å². The molecular weight excluding hydrogens is 423 g/mol. The summed E-state index contributed by atoms with van der Waals surface area (Å²) in [6.07, 6.45) is 4.59. The maximum Gasteiger partial charge on any atom is 0.271 e. The molecule has 1 N–H and O–H groups in total. The number of rotatable bonds is 4. The number of benzene rings is 2. The number of carbonyl (C=O) groups is 2. The number of nitro benzene ring substituents is 1. The molecule has 3 aromatic rings. The Morgan fingerprint density at radius 3 is 2.61 bits per heavy atom. The molecule has 1 aliphatic rings. The maximum absolute atomic E-state index is 14.2. The van der Waals surface area contributed by atoms with Crippen LogP contribution in [0.5, 0.6) is 0 Å². The summed E-state index contributed by atoms with van der Waals surface area (Å²) in [4.78, 5) is 36.8. The van der Waals surface area contributed by atoms with Crippen LogP contribution >= 0.6 is 12.2 Å². The van der Waals surface area contributed by atoms with E-state index in [1.54, 1.807) is 41.2 Å². The molecular formula is C21H13FN4O4S. The van der Waals surface area contributed by atoms with Gasteiger partial charge in [0.05, 0.1) is 16.3 Å². The molecule has 0 spiro atoms. The first-order valence-electron chi connectivity index (χ1n) is 8.94. The predicted molar refractivity (Wildman–Crippen MR) is 115 cm³/mol. The molecule has 0 radical (unpaired) electrons. The van der Waals surface area contributed by atoms with Gasteiger partial charge in [-0.25, -0.2) is 9.29 Å². The predicted octanol–water partition coefficient (Wildman–Crippen LogP) is 3.36. The van der Waals surface area contributed by atoms with Crippen LogP contribution in [-0.4, -0.2) is 26.4 Å². The molecule has 0 aliphatic carbocycles. The lowest BCUT2D eigenvalue weighted by Crippen LogP contribution is -2.54. The average molecular weight is 436 g/mol. The Morgan fingerprint density at radius 1 is 1.10 bits per heavy atom. The smallest absolute Gasteiger partial charge is 0.271 e. The van der Waals surface area contributed by atoms with Gasteiger partial charge in [-0.05, 0) is 48.1 Å². The second-order valence-corrected chi connectivity index (χ2v) is 6.93. The number of amides is 2. The zero-order valence-corrected chi connectivity index (χ0v) is 16.5. The molecule has 1 saturated heterocycles. The van der Waals surface area contributed by atoms with Crippen LogP contribution in [0.3, 0.4) is 0 Å². The molecule has 1 fully saturated rings. The van der Waals surface area contributed by atoms with Gasteiger partial charge in [0, 0.05) is 24.5 Å². The number of hydrogen-bond acceptors (Lipinski definition) is 5. The molecule has 0 saturated carbocycles. The summed E-state index contributed by atoms with van der Waals surface area (Å²) >= 11 is 5.06. The number of nitro groups is 1. The summed E-state index contributed by atoms with van der Waals surface area (Å²) in [7, 11) is 0. The van der Waals surface area contributed by atoms with Crippen LogP contribution in [0.1, 0.15) is 5.56 Å². The third kappa shape index (κ3) is 3.83. The van der Waals surface area contributed by atoms with E-state index < -0.39 is 22.6 Å². The van der Waals surface area contributed by atoms with Crippen molar-refractivity contribution in [3.63, 3.8) is 0 Å². The lowest BCUT2D eigenvalue weighted by molar-refractivity contribution is -0.384. The fourth-order valence-corrected chi connectivity index (χ4v) is 3.38. The second-order valence-electron chi connectivity index (χ2n) is 6.54. The number of para-hydroxylation sites is 1. The van der Waals surface area contributed by atoms with Crippen molar-refractivity contribution < 1.29 is 18.9 Å². The number of aromatic nitrogens is 1. The molecule has 0 unspecified atom stereocenters. The van der Waals surface area contributed by atoms with Gasteiger partial charge in [-0.3, -0.25) is 25.0 Å². The van der Waals surface area contributed by atoms with E-state index in [4.69, 9.17) is 12.2 Å². The van der Waals surface area contributed by atoms with Crippen molar-refractivity contribution in [2.75, 3.05) is 4.90 Å². The largest absolute Gasteiger partial charge is 0.323 e. The Bertz CT molecular complexity index is 1280. The summed E-state index contributed by atoms with van der Waals surface area (Å²) in [5.41, 5.74) is 0.659. The minimum absolute atomic E-state index is 0.0676. The van der Waals surface area contributed by atoms with Gasteiger partial charge in [-0.2, -0.15) is 0 Å². The van der Waals surface area contributed by atoms with Gasteiger partial charge in [-0.1, -0.05) is 18.2 Å². The van der Waals surface area contributed by atoms with E-state index in [1.807, 2.05) is 0 Å². The number of carbonyl (C=O) groups excluding carboxylic acids is 2. The van der Waals surface area contributed by atoms with E-state index in [1.165, 1.54) is 36.4 Å². The molecule has 1 aromatic heterocycles. The maximum atomic E-state index is 14.2. The summed E-state index contributed by atoms with van der Waals surface area (Å²) < 4.78 is 15.8. The standard InChI is InChI=1S/C21H13FN4O4S/c22-17-6-1-2-7-18(17)25-20(28)16(19(27)23-21(25)31)10-13-8-9-24(12-13)14-4-3-5-15(11-14)26(29)30/h1-12H,(H,23,27,31)/b16-10-. The van der Waals surface area contributed by atoms with E-state index in [-0.39, 0.29) is 22.1 Å². The molecule has 8 nitrogen and oxygen atoms in total. The Balaban J connectivity index is 1.68. The lowest BCUT2D eigenvalue weighted by atomic mass is 10.1. The fourth-order valence-electron chi connectivity index (χ4n) is 3.10. The van der Waals surface area contributed by atoms with E-state index >= 15 is 0 Å². The Morgan fingerprint density at radius 2 is 1.87 bits per heavy atom. The number of halogens is 1. The highest BCUT2D eigenvalue weighted by Gasteiger charge is 2.35. The van der Waals surface area contributed by atoms with Crippen molar-refractivity contribution in [3.05, 3.63) is 94.1 Å². The molecule has 10 heteroatoms. The zero-order chi connectivity index (χ0) is 22.1. The highest BCUT2D eigenvalue weighted by molar-refractivity contribution is 7.80. The van der Waals surface area contributed by atoms with Crippen molar-refractivity contribution in [1.29, 1.82) is 0 Å². The van der Waals surface area contributed by atoms with Crippen molar-refractivity contribution in [3.8, 4) is 5.69 Å². The molecule has 2 amide bonds. The van der Waals surface area contributed by atoms with Gasteiger partial charge in [0.25, 0.3) is 17.5 Å². The van der Waals surface area contributed by atoms with Crippen LogP contribution in [0.2, 0.25) is 0 Å². The van der Waals surface area contributed by atoms with Crippen LogP contribution in [0, 0.1) is 15.9 Å². The van der Waals surface area contributed by atoms with Gasteiger partial charge < -0.3 is 4.57 Å². The topological polar surface area (TPSA) is 97.5 Å². The van der Waals surface area contributed by atoms with Gasteiger partial charge in [0.1, 0.15) is 11.4 Å². The van der Waals surface area contributed by atoms with Crippen molar-refractivity contribution in [1.82, 2.24) is 9.88 Å². The number of anilines is 1. The van der Waals surface area contributed by atoms with Crippen molar-refractivity contribution >= 4 is 46.6 Å². The van der Waals surface area contributed by atoms with Crippen LogP contribution in [0.25, 0.3) is 11.8 Å². The molecule has 0 bridgehead atoms. The lowest BCUT2D eigenvalue weighted by Gasteiger charge is -2.29.